The van der Waals surface area contributed by atoms with Crippen LogP contribution in [0.25, 0.3) is 0 Å². The highest BCUT2D eigenvalue weighted by Gasteiger charge is 2.11. The molecule has 0 radical (unpaired) electrons. The molecule has 0 aliphatic rings. The highest BCUT2D eigenvalue weighted by molar-refractivity contribution is 9.10. The first-order valence-corrected chi connectivity index (χ1v) is 9.25. The van der Waals surface area contributed by atoms with E-state index in [-0.39, 0.29) is 11.7 Å². The summed E-state index contributed by atoms with van der Waals surface area (Å²) < 4.78 is 12.2. The molecule has 0 aliphatic heterocycles. The van der Waals surface area contributed by atoms with Gasteiger partial charge in [-0.15, -0.1) is 0 Å². The van der Waals surface area contributed by atoms with Crippen molar-refractivity contribution in [2.24, 2.45) is 0 Å². The summed E-state index contributed by atoms with van der Waals surface area (Å²) in [5.41, 5.74) is 1.02. The average Bonchev–Trinajstić information content (AvgIpc) is 2.59. The van der Waals surface area contributed by atoms with Crippen LogP contribution >= 0.6 is 15.9 Å². The van der Waals surface area contributed by atoms with E-state index in [1.54, 1.807) is 18.2 Å². The fraction of sp³-hybridized carbons (Fsp3) is 0.300. The summed E-state index contributed by atoms with van der Waals surface area (Å²) in [6.45, 7) is 4.06. The summed E-state index contributed by atoms with van der Waals surface area (Å²) >= 11 is 3.39. The van der Waals surface area contributed by atoms with Crippen molar-refractivity contribution in [2.75, 3.05) is 18.5 Å². The van der Waals surface area contributed by atoms with E-state index in [1.165, 1.54) is 6.92 Å². The van der Waals surface area contributed by atoms with Crippen molar-refractivity contribution in [3.8, 4) is 11.5 Å². The van der Waals surface area contributed by atoms with Gasteiger partial charge < -0.3 is 14.8 Å². The molecule has 138 valence electrons. The Balaban J connectivity index is 1.95. The van der Waals surface area contributed by atoms with Crippen LogP contribution in [-0.4, -0.2) is 24.9 Å². The van der Waals surface area contributed by atoms with Crippen molar-refractivity contribution in [1.29, 1.82) is 0 Å². The number of ether oxygens (including phenoxy) is 2. The molecule has 26 heavy (non-hydrogen) atoms. The molecule has 1 N–H and O–H groups in total. The topological polar surface area (TPSA) is 64.6 Å². The number of hydrogen-bond donors (Lipinski definition) is 1. The minimum Gasteiger partial charge on any atom is -0.490 e. The lowest BCUT2D eigenvalue weighted by atomic mass is 10.1. The van der Waals surface area contributed by atoms with E-state index < -0.39 is 0 Å². The molecule has 5 nitrogen and oxygen atoms in total. The fourth-order valence-electron chi connectivity index (χ4n) is 2.33. The van der Waals surface area contributed by atoms with E-state index in [0.29, 0.717) is 36.6 Å². The van der Waals surface area contributed by atoms with E-state index in [1.807, 2.05) is 31.2 Å². The lowest BCUT2D eigenvalue weighted by Crippen LogP contribution is -2.13. The first-order chi connectivity index (χ1) is 12.5. The van der Waals surface area contributed by atoms with Gasteiger partial charge in [-0.2, -0.15) is 0 Å². The molecule has 0 heterocycles. The molecule has 0 saturated heterocycles. The molecule has 0 atom stereocenters. The van der Waals surface area contributed by atoms with Crippen LogP contribution in [0.2, 0.25) is 0 Å². The van der Waals surface area contributed by atoms with Crippen molar-refractivity contribution in [1.82, 2.24) is 0 Å². The maximum absolute atomic E-state index is 11.9. The highest BCUT2D eigenvalue weighted by Crippen LogP contribution is 2.24. The first kappa shape index (κ1) is 20.0. The van der Waals surface area contributed by atoms with Gasteiger partial charge in [-0.25, -0.2) is 0 Å². The molecule has 0 bridgehead atoms. The standard InChI is InChI=1S/C20H22BrNO4/c1-3-5-20(24)22-16-8-9-19(18(13-16)14(2)23)26-11-10-25-17-7-4-6-15(21)12-17/h4,6-9,12-13H,3,5,10-11H2,1-2H3,(H,22,24). The van der Waals surface area contributed by atoms with Crippen LogP contribution in [-0.2, 0) is 4.79 Å². The van der Waals surface area contributed by atoms with Crippen LogP contribution in [0, 0.1) is 0 Å². The molecular formula is C20H22BrNO4. The molecule has 2 aromatic rings. The average molecular weight is 420 g/mol. The predicted octanol–water partition coefficient (Wildman–Crippen LogP) is 4.85. The van der Waals surface area contributed by atoms with E-state index in [4.69, 9.17) is 9.47 Å². The maximum Gasteiger partial charge on any atom is 0.224 e. The van der Waals surface area contributed by atoms with Crippen molar-refractivity contribution < 1.29 is 19.1 Å². The van der Waals surface area contributed by atoms with Crippen molar-refractivity contribution in [3.63, 3.8) is 0 Å². The zero-order valence-electron chi connectivity index (χ0n) is 14.9. The van der Waals surface area contributed by atoms with E-state index >= 15 is 0 Å². The van der Waals surface area contributed by atoms with Gasteiger partial charge in [0.25, 0.3) is 0 Å². The van der Waals surface area contributed by atoms with Crippen LogP contribution < -0.4 is 14.8 Å². The van der Waals surface area contributed by atoms with Crippen molar-refractivity contribution in [2.45, 2.75) is 26.7 Å². The zero-order chi connectivity index (χ0) is 18.9. The molecule has 2 rings (SSSR count). The molecule has 1 amide bonds. The summed E-state index contributed by atoms with van der Waals surface area (Å²) in [4.78, 5) is 23.6. The third-order valence-electron chi connectivity index (χ3n) is 3.53. The Morgan fingerprint density at radius 3 is 2.54 bits per heavy atom. The highest BCUT2D eigenvalue weighted by atomic mass is 79.9. The van der Waals surface area contributed by atoms with E-state index in [9.17, 15) is 9.59 Å². The fourth-order valence-corrected chi connectivity index (χ4v) is 2.71. The largest absolute Gasteiger partial charge is 0.490 e. The molecule has 2 aromatic carbocycles. The van der Waals surface area contributed by atoms with E-state index in [2.05, 4.69) is 21.2 Å². The zero-order valence-corrected chi connectivity index (χ0v) is 16.5. The van der Waals surface area contributed by atoms with Crippen LogP contribution in [0.4, 0.5) is 5.69 Å². The molecule has 0 saturated carbocycles. The van der Waals surface area contributed by atoms with Crippen molar-refractivity contribution in [3.05, 3.63) is 52.5 Å². The summed E-state index contributed by atoms with van der Waals surface area (Å²) in [7, 11) is 0. The van der Waals surface area contributed by atoms with Crippen LogP contribution in [0.1, 0.15) is 37.0 Å². The molecule has 0 unspecified atom stereocenters. The molecule has 6 heteroatoms. The number of amides is 1. The maximum atomic E-state index is 11.9. The van der Waals surface area contributed by atoms with Gasteiger partial charge in [-0.3, -0.25) is 9.59 Å². The Labute approximate surface area is 161 Å². The van der Waals surface area contributed by atoms with Gasteiger partial charge >= 0.3 is 0 Å². The predicted molar refractivity (Wildman–Crippen MR) is 105 cm³/mol. The molecular weight excluding hydrogens is 398 g/mol. The van der Waals surface area contributed by atoms with Crippen LogP contribution in [0.15, 0.2) is 46.9 Å². The lowest BCUT2D eigenvalue weighted by Gasteiger charge is -2.13. The summed E-state index contributed by atoms with van der Waals surface area (Å²) in [6, 6.07) is 12.6. The quantitative estimate of drug-likeness (QED) is 0.466. The number of halogens is 1. The second-order valence-corrected chi connectivity index (χ2v) is 6.64. The number of benzene rings is 2. The Morgan fingerprint density at radius 2 is 1.85 bits per heavy atom. The number of hydrogen-bond acceptors (Lipinski definition) is 4. The number of carbonyl (C=O) groups excluding carboxylic acids is 2. The van der Waals surface area contributed by atoms with Gasteiger partial charge in [-0.1, -0.05) is 28.9 Å². The SMILES string of the molecule is CCCC(=O)Nc1ccc(OCCOc2cccc(Br)c2)c(C(C)=O)c1. The number of anilines is 1. The summed E-state index contributed by atoms with van der Waals surface area (Å²) in [6.07, 6.45) is 1.21. The van der Waals surface area contributed by atoms with Gasteiger partial charge in [0.2, 0.25) is 5.91 Å². The van der Waals surface area contributed by atoms with Crippen molar-refractivity contribution >= 4 is 33.3 Å². The first-order valence-electron chi connectivity index (χ1n) is 8.45. The van der Waals surface area contributed by atoms with Gasteiger partial charge in [0, 0.05) is 16.6 Å². The lowest BCUT2D eigenvalue weighted by molar-refractivity contribution is -0.116. The van der Waals surface area contributed by atoms with Gasteiger partial charge in [-0.05, 0) is 49.7 Å². The number of carbonyl (C=O) groups is 2. The van der Waals surface area contributed by atoms with Gasteiger partial charge in [0.05, 0.1) is 5.56 Å². The molecule has 0 aromatic heterocycles. The number of nitrogens with one attached hydrogen (secondary N) is 1. The van der Waals surface area contributed by atoms with Crippen LogP contribution in [0.5, 0.6) is 11.5 Å². The van der Waals surface area contributed by atoms with Gasteiger partial charge in [0.15, 0.2) is 5.78 Å². The third-order valence-corrected chi connectivity index (χ3v) is 4.02. The van der Waals surface area contributed by atoms with Crippen LogP contribution in [0.3, 0.4) is 0 Å². The second kappa shape index (κ2) is 9.97. The minimum atomic E-state index is -0.125. The molecule has 0 fully saturated rings. The van der Waals surface area contributed by atoms with E-state index in [0.717, 1.165) is 16.6 Å². The Morgan fingerprint density at radius 1 is 1.08 bits per heavy atom. The summed E-state index contributed by atoms with van der Waals surface area (Å²) in [5.74, 6) is 1.02. The number of rotatable bonds is 9. The summed E-state index contributed by atoms with van der Waals surface area (Å²) in [5, 5.41) is 2.78. The molecule has 0 spiro atoms. The van der Waals surface area contributed by atoms with Gasteiger partial charge in [0.1, 0.15) is 24.7 Å². The Bertz CT molecular complexity index is 776. The normalized spacial score (nSPS) is 10.3. The Kier molecular flexibility index (Phi) is 7.66. The number of Topliss-reactive ketones (excluding diaryl/α,β-unsaturated/α-hetero) is 1. The number of ketones is 1. The Hall–Kier alpha value is -2.34. The minimum absolute atomic E-state index is 0.0712. The monoisotopic (exact) mass is 419 g/mol. The second-order valence-electron chi connectivity index (χ2n) is 5.72. The molecule has 0 aliphatic carbocycles. The third kappa shape index (κ3) is 6.19. The smallest absolute Gasteiger partial charge is 0.224 e.